The number of aryl methyl sites for hydroxylation is 1. The predicted molar refractivity (Wildman–Crippen MR) is 88.0 cm³/mol. The van der Waals surface area contributed by atoms with Gasteiger partial charge in [0.05, 0.1) is 24.5 Å². The molecule has 3 aliphatic rings. The Morgan fingerprint density at radius 3 is 2.42 bits per heavy atom. The fourth-order valence-electron chi connectivity index (χ4n) is 3.74. The minimum Gasteiger partial charge on any atom is -0.347 e. The van der Waals surface area contributed by atoms with E-state index in [1.54, 1.807) is 6.20 Å². The molecule has 130 valence electrons. The van der Waals surface area contributed by atoms with E-state index in [1.807, 2.05) is 11.8 Å². The van der Waals surface area contributed by atoms with Crippen molar-refractivity contribution >= 4 is 11.9 Å². The van der Waals surface area contributed by atoms with Crippen LogP contribution in [0.2, 0.25) is 0 Å². The number of anilines is 1. The van der Waals surface area contributed by atoms with Crippen LogP contribution in [0.3, 0.4) is 0 Å². The van der Waals surface area contributed by atoms with E-state index in [-0.39, 0.29) is 5.91 Å². The average Bonchev–Trinajstić information content (AvgIpc) is 3.27. The summed E-state index contributed by atoms with van der Waals surface area (Å²) < 4.78 is 11.4. The van der Waals surface area contributed by atoms with E-state index >= 15 is 0 Å². The molecule has 4 heterocycles. The summed E-state index contributed by atoms with van der Waals surface area (Å²) in [4.78, 5) is 25.8. The van der Waals surface area contributed by atoms with Crippen molar-refractivity contribution in [2.75, 3.05) is 44.3 Å². The second-order valence-electron chi connectivity index (χ2n) is 6.76. The predicted octanol–water partition coefficient (Wildman–Crippen LogP) is 1.36. The van der Waals surface area contributed by atoms with Gasteiger partial charge < -0.3 is 19.3 Å². The molecule has 0 atom stereocenters. The van der Waals surface area contributed by atoms with E-state index in [4.69, 9.17) is 9.47 Å². The summed E-state index contributed by atoms with van der Waals surface area (Å²) in [6.45, 7) is 6.49. The minimum atomic E-state index is -0.456. The SMILES string of the molecule is Cc1nc(N2CCCC2)ncc1C(=O)N1CCC2(CC1)OCCO2. The van der Waals surface area contributed by atoms with Crippen LogP contribution >= 0.6 is 0 Å². The molecule has 1 aromatic heterocycles. The van der Waals surface area contributed by atoms with Gasteiger partial charge in [-0.25, -0.2) is 9.97 Å². The summed E-state index contributed by atoms with van der Waals surface area (Å²) in [5.41, 5.74) is 1.35. The van der Waals surface area contributed by atoms with Crippen LogP contribution in [0.1, 0.15) is 41.7 Å². The van der Waals surface area contributed by atoms with Crippen LogP contribution in [0.4, 0.5) is 5.95 Å². The molecule has 7 heteroatoms. The molecule has 0 aliphatic carbocycles. The summed E-state index contributed by atoms with van der Waals surface area (Å²) in [6, 6.07) is 0. The van der Waals surface area contributed by atoms with Crippen molar-refractivity contribution in [2.45, 2.75) is 38.4 Å². The molecule has 24 heavy (non-hydrogen) atoms. The maximum atomic E-state index is 12.8. The Labute approximate surface area is 142 Å². The van der Waals surface area contributed by atoms with Gasteiger partial charge in [0.25, 0.3) is 5.91 Å². The van der Waals surface area contributed by atoms with Gasteiger partial charge >= 0.3 is 0 Å². The molecule has 1 amide bonds. The van der Waals surface area contributed by atoms with Crippen molar-refractivity contribution in [1.29, 1.82) is 0 Å². The first kappa shape index (κ1) is 15.8. The molecule has 1 spiro atoms. The van der Waals surface area contributed by atoms with Crippen molar-refractivity contribution in [1.82, 2.24) is 14.9 Å². The zero-order valence-corrected chi connectivity index (χ0v) is 14.2. The van der Waals surface area contributed by atoms with E-state index < -0.39 is 5.79 Å². The number of ether oxygens (including phenoxy) is 2. The van der Waals surface area contributed by atoms with Gasteiger partial charge in [-0.3, -0.25) is 4.79 Å². The quantitative estimate of drug-likeness (QED) is 0.815. The Morgan fingerprint density at radius 2 is 1.79 bits per heavy atom. The standard InChI is InChI=1S/C17H24N4O3/c1-13-14(12-18-16(19-13)21-6-2-3-7-21)15(22)20-8-4-17(5-9-20)23-10-11-24-17/h12H,2-11H2,1H3. The van der Waals surface area contributed by atoms with Crippen LogP contribution in [0.15, 0.2) is 6.20 Å². The van der Waals surface area contributed by atoms with E-state index in [2.05, 4.69) is 14.9 Å². The van der Waals surface area contributed by atoms with Gasteiger partial charge in [0, 0.05) is 45.2 Å². The second kappa shape index (κ2) is 6.29. The third-order valence-electron chi connectivity index (χ3n) is 5.21. The number of likely N-dealkylation sites (tertiary alicyclic amines) is 1. The number of hydrogen-bond donors (Lipinski definition) is 0. The van der Waals surface area contributed by atoms with Crippen LogP contribution in [-0.2, 0) is 9.47 Å². The van der Waals surface area contributed by atoms with Crippen LogP contribution in [0.25, 0.3) is 0 Å². The number of nitrogens with zero attached hydrogens (tertiary/aromatic N) is 4. The van der Waals surface area contributed by atoms with Crippen LogP contribution in [0.5, 0.6) is 0 Å². The third kappa shape index (κ3) is 2.86. The van der Waals surface area contributed by atoms with Gasteiger partial charge in [-0.1, -0.05) is 0 Å². The minimum absolute atomic E-state index is 0.00770. The molecule has 3 saturated heterocycles. The summed E-state index contributed by atoms with van der Waals surface area (Å²) >= 11 is 0. The molecule has 0 N–H and O–H groups in total. The molecule has 0 bridgehead atoms. The van der Waals surface area contributed by atoms with Gasteiger partial charge in [0.15, 0.2) is 5.79 Å². The zero-order chi connectivity index (χ0) is 16.6. The van der Waals surface area contributed by atoms with Crippen LogP contribution in [0, 0.1) is 6.92 Å². The molecule has 0 unspecified atom stereocenters. The first-order valence-electron chi connectivity index (χ1n) is 8.83. The number of hydrogen-bond acceptors (Lipinski definition) is 6. The molecule has 4 rings (SSSR count). The molecule has 0 saturated carbocycles. The molecule has 3 aliphatic heterocycles. The first-order valence-corrected chi connectivity index (χ1v) is 8.83. The second-order valence-corrected chi connectivity index (χ2v) is 6.76. The maximum absolute atomic E-state index is 12.8. The molecule has 1 aromatic rings. The first-order chi connectivity index (χ1) is 11.7. The highest BCUT2D eigenvalue weighted by molar-refractivity contribution is 5.95. The maximum Gasteiger partial charge on any atom is 0.257 e. The smallest absolute Gasteiger partial charge is 0.257 e. The van der Waals surface area contributed by atoms with Crippen molar-refractivity contribution in [2.24, 2.45) is 0 Å². The van der Waals surface area contributed by atoms with Gasteiger partial charge in [-0.15, -0.1) is 0 Å². The summed E-state index contributed by atoms with van der Waals surface area (Å²) in [5, 5.41) is 0. The number of amides is 1. The molecule has 7 nitrogen and oxygen atoms in total. The lowest BCUT2D eigenvalue weighted by molar-refractivity contribution is -0.181. The molecular formula is C17H24N4O3. The third-order valence-corrected chi connectivity index (χ3v) is 5.21. The lowest BCUT2D eigenvalue weighted by Crippen LogP contribution is -2.47. The number of aromatic nitrogens is 2. The van der Waals surface area contributed by atoms with E-state index in [0.717, 1.165) is 37.6 Å². The summed E-state index contributed by atoms with van der Waals surface area (Å²) in [6.07, 6.45) is 5.51. The topological polar surface area (TPSA) is 67.8 Å². The fraction of sp³-hybridized carbons (Fsp3) is 0.706. The van der Waals surface area contributed by atoms with Gasteiger partial charge in [-0.2, -0.15) is 0 Å². The molecule has 0 radical (unpaired) electrons. The fourth-order valence-corrected chi connectivity index (χ4v) is 3.74. The Bertz CT molecular complexity index is 614. The van der Waals surface area contributed by atoms with E-state index in [9.17, 15) is 4.79 Å². The average molecular weight is 332 g/mol. The molecule has 0 aromatic carbocycles. The van der Waals surface area contributed by atoms with E-state index in [0.29, 0.717) is 31.9 Å². The Balaban J connectivity index is 1.44. The van der Waals surface area contributed by atoms with E-state index in [1.165, 1.54) is 12.8 Å². The highest BCUT2D eigenvalue weighted by atomic mass is 16.7. The summed E-state index contributed by atoms with van der Waals surface area (Å²) in [7, 11) is 0. The van der Waals surface area contributed by atoms with Gasteiger partial charge in [0.2, 0.25) is 5.95 Å². The van der Waals surface area contributed by atoms with Crippen molar-refractivity contribution < 1.29 is 14.3 Å². The monoisotopic (exact) mass is 332 g/mol. The van der Waals surface area contributed by atoms with Crippen molar-refractivity contribution in [3.8, 4) is 0 Å². The molecular weight excluding hydrogens is 308 g/mol. The number of piperidine rings is 1. The van der Waals surface area contributed by atoms with Crippen molar-refractivity contribution in [3.05, 3.63) is 17.5 Å². The number of carbonyl (C=O) groups excluding carboxylic acids is 1. The zero-order valence-electron chi connectivity index (χ0n) is 14.2. The highest BCUT2D eigenvalue weighted by Gasteiger charge is 2.41. The van der Waals surface area contributed by atoms with Crippen molar-refractivity contribution in [3.63, 3.8) is 0 Å². The Morgan fingerprint density at radius 1 is 1.12 bits per heavy atom. The highest BCUT2D eigenvalue weighted by Crippen LogP contribution is 2.31. The normalized spacial score (nSPS) is 23.2. The molecule has 3 fully saturated rings. The lowest BCUT2D eigenvalue weighted by Gasteiger charge is -2.37. The number of rotatable bonds is 2. The Hall–Kier alpha value is -1.73. The van der Waals surface area contributed by atoms with Crippen LogP contribution in [-0.4, -0.2) is 66.0 Å². The lowest BCUT2D eigenvalue weighted by atomic mass is 10.0. The van der Waals surface area contributed by atoms with Gasteiger partial charge in [0.1, 0.15) is 0 Å². The summed E-state index contributed by atoms with van der Waals surface area (Å²) in [5.74, 6) is 0.294. The number of carbonyl (C=O) groups is 1. The Kier molecular flexibility index (Phi) is 4.14. The van der Waals surface area contributed by atoms with Crippen LogP contribution < -0.4 is 4.90 Å². The largest absolute Gasteiger partial charge is 0.347 e. The van der Waals surface area contributed by atoms with Gasteiger partial charge in [-0.05, 0) is 19.8 Å².